The Hall–Kier alpha value is -0.920. The number of nitrogens with zero attached hydrogens (tertiary/aromatic N) is 2. The second kappa shape index (κ2) is 3.79. The highest BCUT2D eigenvalue weighted by molar-refractivity contribution is 7.89. The summed E-state index contributed by atoms with van der Waals surface area (Å²) < 4.78 is 26.3. The van der Waals surface area contributed by atoms with E-state index in [2.05, 4.69) is 10.2 Å². The summed E-state index contributed by atoms with van der Waals surface area (Å²) in [6, 6.07) is 1.36. The van der Waals surface area contributed by atoms with Gasteiger partial charge in [0.25, 0.3) is 10.0 Å². The van der Waals surface area contributed by atoms with Crippen molar-refractivity contribution in [1.82, 2.24) is 14.5 Å². The Morgan fingerprint density at radius 1 is 1.35 bits per heavy atom. The van der Waals surface area contributed by atoms with Gasteiger partial charge in [-0.2, -0.15) is 9.40 Å². The van der Waals surface area contributed by atoms with Crippen molar-refractivity contribution >= 4 is 10.0 Å². The normalized spacial score (nSPS) is 34.1. The summed E-state index contributed by atoms with van der Waals surface area (Å²) in [6.45, 7) is 0. The molecule has 0 radical (unpaired) electrons. The molecule has 0 saturated carbocycles. The first kappa shape index (κ1) is 11.2. The van der Waals surface area contributed by atoms with Crippen LogP contribution in [-0.2, 0) is 10.0 Å². The fourth-order valence-electron chi connectivity index (χ4n) is 3.00. The van der Waals surface area contributed by atoms with Crippen LogP contribution >= 0.6 is 0 Å². The summed E-state index contributed by atoms with van der Waals surface area (Å²) in [7, 11) is -3.47. The molecule has 2 N–H and O–H groups in total. The monoisotopic (exact) mass is 257 g/mol. The van der Waals surface area contributed by atoms with Crippen LogP contribution in [0.15, 0.2) is 17.3 Å². The third-order valence-electron chi connectivity index (χ3n) is 3.67. The molecule has 3 rings (SSSR count). The second-order valence-corrected chi connectivity index (χ2v) is 6.58. The van der Waals surface area contributed by atoms with E-state index in [1.54, 1.807) is 4.31 Å². The Bertz CT molecular complexity index is 485. The number of nitrogens with one attached hydrogen (secondary N) is 1. The summed E-state index contributed by atoms with van der Waals surface area (Å²) in [4.78, 5) is 0. The van der Waals surface area contributed by atoms with E-state index in [-0.39, 0.29) is 23.2 Å². The number of hydrogen-bond donors (Lipinski definition) is 2. The molecule has 3 heterocycles. The van der Waals surface area contributed by atoms with E-state index in [0.717, 1.165) is 12.8 Å². The van der Waals surface area contributed by atoms with Gasteiger partial charge >= 0.3 is 0 Å². The number of rotatable bonds is 2. The van der Waals surface area contributed by atoms with Crippen LogP contribution in [0.4, 0.5) is 0 Å². The van der Waals surface area contributed by atoms with Gasteiger partial charge < -0.3 is 5.11 Å². The molecule has 2 bridgehead atoms. The van der Waals surface area contributed by atoms with Crippen molar-refractivity contribution in [2.75, 3.05) is 0 Å². The quantitative estimate of drug-likeness (QED) is 0.786. The minimum absolute atomic E-state index is 0.0583. The summed E-state index contributed by atoms with van der Waals surface area (Å²) in [5.74, 6) is 0. The molecule has 2 aliphatic heterocycles. The predicted molar refractivity (Wildman–Crippen MR) is 59.7 cm³/mol. The Balaban J connectivity index is 1.96. The topological polar surface area (TPSA) is 86.3 Å². The minimum atomic E-state index is -3.47. The molecule has 2 aliphatic rings. The number of aliphatic hydroxyl groups is 1. The molecule has 7 heteroatoms. The first-order chi connectivity index (χ1) is 8.09. The number of aliphatic hydroxyl groups excluding tert-OH is 1. The molecule has 17 heavy (non-hydrogen) atoms. The van der Waals surface area contributed by atoms with Crippen LogP contribution < -0.4 is 0 Å². The standard InChI is InChI=1S/C10H15N3O3S/c14-9-5-7-1-2-8(6-9)13(7)17(15,16)10-3-4-11-12-10/h3-4,7-9,14H,1-2,5-6H2,(H,11,12). The lowest BCUT2D eigenvalue weighted by atomic mass is 10.0. The highest BCUT2D eigenvalue weighted by atomic mass is 32.2. The third-order valence-corrected chi connectivity index (χ3v) is 5.61. The number of sulfonamides is 1. The van der Waals surface area contributed by atoms with E-state index < -0.39 is 10.0 Å². The van der Waals surface area contributed by atoms with E-state index in [1.807, 2.05) is 0 Å². The van der Waals surface area contributed by atoms with Gasteiger partial charge in [-0.05, 0) is 31.7 Å². The zero-order chi connectivity index (χ0) is 12.0. The lowest BCUT2D eigenvalue weighted by Gasteiger charge is -2.35. The maximum Gasteiger partial charge on any atom is 0.260 e. The Kier molecular flexibility index (Phi) is 2.49. The van der Waals surface area contributed by atoms with Crippen molar-refractivity contribution in [3.8, 4) is 0 Å². The number of H-pyrrole nitrogens is 1. The summed E-state index contributed by atoms with van der Waals surface area (Å²) >= 11 is 0. The summed E-state index contributed by atoms with van der Waals surface area (Å²) in [6.07, 6.45) is 3.85. The smallest absolute Gasteiger partial charge is 0.260 e. The maximum absolute atomic E-state index is 12.4. The van der Waals surface area contributed by atoms with Crippen LogP contribution in [-0.4, -0.2) is 46.2 Å². The molecular formula is C10H15N3O3S. The first-order valence-electron chi connectivity index (χ1n) is 5.80. The van der Waals surface area contributed by atoms with E-state index in [4.69, 9.17) is 0 Å². The SMILES string of the molecule is O=S(=O)(c1ccn[nH]1)N1C2CCC1CC(O)C2. The number of hydrogen-bond acceptors (Lipinski definition) is 4. The van der Waals surface area contributed by atoms with Gasteiger partial charge in [0, 0.05) is 12.1 Å². The molecule has 2 fully saturated rings. The average molecular weight is 257 g/mol. The highest BCUT2D eigenvalue weighted by Gasteiger charge is 2.47. The molecular weight excluding hydrogens is 242 g/mol. The van der Waals surface area contributed by atoms with Crippen molar-refractivity contribution in [2.45, 2.75) is 48.9 Å². The maximum atomic E-state index is 12.4. The zero-order valence-corrected chi connectivity index (χ0v) is 10.1. The third kappa shape index (κ3) is 1.69. The highest BCUT2D eigenvalue weighted by Crippen LogP contribution is 2.39. The molecule has 0 aliphatic carbocycles. The Labute approximate surface area is 99.7 Å². The van der Waals surface area contributed by atoms with E-state index in [9.17, 15) is 13.5 Å². The van der Waals surface area contributed by atoms with Crippen molar-refractivity contribution in [3.05, 3.63) is 12.3 Å². The van der Waals surface area contributed by atoms with Crippen molar-refractivity contribution in [2.24, 2.45) is 0 Å². The first-order valence-corrected chi connectivity index (χ1v) is 7.24. The number of aromatic amines is 1. The molecule has 1 aromatic heterocycles. The van der Waals surface area contributed by atoms with Gasteiger partial charge in [0.1, 0.15) is 0 Å². The minimum Gasteiger partial charge on any atom is -0.393 e. The van der Waals surface area contributed by atoms with Gasteiger partial charge in [0.2, 0.25) is 0 Å². The van der Waals surface area contributed by atoms with Gasteiger partial charge in [0.15, 0.2) is 5.03 Å². The molecule has 1 aromatic rings. The predicted octanol–water partition coefficient (Wildman–Crippen LogP) is 0.0861. The zero-order valence-electron chi connectivity index (χ0n) is 9.28. The Morgan fingerprint density at radius 3 is 2.53 bits per heavy atom. The molecule has 0 spiro atoms. The number of aromatic nitrogens is 2. The van der Waals surface area contributed by atoms with Crippen molar-refractivity contribution in [3.63, 3.8) is 0 Å². The van der Waals surface area contributed by atoms with Gasteiger partial charge in [-0.15, -0.1) is 0 Å². The molecule has 0 amide bonds. The molecule has 0 aromatic carbocycles. The van der Waals surface area contributed by atoms with E-state index in [0.29, 0.717) is 12.8 Å². The van der Waals surface area contributed by atoms with E-state index >= 15 is 0 Å². The molecule has 2 atom stereocenters. The van der Waals surface area contributed by atoms with Crippen LogP contribution in [0.1, 0.15) is 25.7 Å². The fourth-order valence-corrected chi connectivity index (χ4v) is 4.79. The molecule has 2 saturated heterocycles. The molecule has 2 unspecified atom stereocenters. The number of fused-ring (bicyclic) bond motifs is 2. The second-order valence-electron chi connectivity index (χ2n) is 4.77. The van der Waals surface area contributed by atoms with Gasteiger partial charge in [0.05, 0.1) is 12.3 Å². The summed E-state index contributed by atoms with van der Waals surface area (Å²) in [5, 5.41) is 16.0. The Morgan fingerprint density at radius 2 is 2.00 bits per heavy atom. The molecule has 94 valence electrons. The lowest BCUT2D eigenvalue weighted by molar-refractivity contribution is 0.0767. The van der Waals surface area contributed by atoms with Crippen LogP contribution in [0, 0.1) is 0 Å². The average Bonchev–Trinajstić information content (AvgIpc) is 2.86. The summed E-state index contributed by atoms with van der Waals surface area (Å²) in [5.41, 5.74) is 0. The largest absolute Gasteiger partial charge is 0.393 e. The fraction of sp³-hybridized carbons (Fsp3) is 0.700. The molecule has 6 nitrogen and oxygen atoms in total. The van der Waals surface area contributed by atoms with E-state index in [1.165, 1.54) is 12.3 Å². The van der Waals surface area contributed by atoms with Crippen LogP contribution in [0.25, 0.3) is 0 Å². The van der Waals surface area contributed by atoms with Crippen LogP contribution in [0.3, 0.4) is 0 Å². The van der Waals surface area contributed by atoms with Crippen LogP contribution in [0.2, 0.25) is 0 Å². The van der Waals surface area contributed by atoms with Crippen LogP contribution in [0.5, 0.6) is 0 Å². The van der Waals surface area contributed by atoms with Gasteiger partial charge in [-0.25, -0.2) is 8.42 Å². The van der Waals surface area contributed by atoms with Gasteiger partial charge in [-0.1, -0.05) is 0 Å². The van der Waals surface area contributed by atoms with Gasteiger partial charge in [-0.3, -0.25) is 5.10 Å². The van der Waals surface area contributed by atoms with Crippen molar-refractivity contribution < 1.29 is 13.5 Å². The lowest BCUT2D eigenvalue weighted by Crippen LogP contribution is -2.47. The number of piperidine rings is 1. The van der Waals surface area contributed by atoms with Crippen molar-refractivity contribution in [1.29, 1.82) is 0 Å².